The van der Waals surface area contributed by atoms with E-state index >= 15 is 0 Å². The second kappa shape index (κ2) is 6.44. The van der Waals surface area contributed by atoms with Gasteiger partial charge in [0.1, 0.15) is 0 Å². The van der Waals surface area contributed by atoms with Crippen molar-refractivity contribution >= 4 is 18.5 Å². The molecule has 0 radical (unpaired) electrons. The summed E-state index contributed by atoms with van der Waals surface area (Å²) < 4.78 is 0. The molecule has 19 heavy (non-hydrogen) atoms. The standard InChI is InChI=1S/C15H21NO2S/c1-10-2-7-13(19)8-14(10)15(18)16-9-11-3-5-12(17)6-4-11/h2,7-8,11-12,17,19H,3-6,9H2,1H3,(H,16,18). The van der Waals surface area contributed by atoms with Crippen molar-refractivity contribution < 1.29 is 9.90 Å². The van der Waals surface area contributed by atoms with Crippen molar-refractivity contribution in [2.75, 3.05) is 6.54 Å². The number of aliphatic hydroxyl groups excluding tert-OH is 1. The maximum Gasteiger partial charge on any atom is 0.251 e. The van der Waals surface area contributed by atoms with Gasteiger partial charge < -0.3 is 10.4 Å². The average molecular weight is 279 g/mol. The normalized spacial score (nSPS) is 23.1. The molecule has 1 aromatic rings. The van der Waals surface area contributed by atoms with Crippen molar-refractivity contribution in [3.05, 3.63) is 29.3 Å². The smallest absolute Gasteiger partial charge is 0.251 e. The fourth-order valence-electron chi connectivity index (χ4n) is 2.54. The SMILES string of the molecule is Cc1ccc(S)cc1C(=O)NCC1CCC(O)CC1. The van der Waals surface area contributed by atoms with Crippen molar-refractivity contribution in [2.24, 2.45) is 5.92 Å². The van der Waals surface area contributed by atoms with Crippen LogP contribution in [0.2, 0.25) is 0 Å². The summed E-state index contributed by atoms with van der Waals surface area (Å²) in [5, 5.41) is 12.5. The molecule has 0 saturated heterocycles. The van der Waals surface area contributed by atoms with Gasteiger partial charge in [0.25, 0.3) is 5.91 Å². The third kappa shape index (κ3) is 3.98. The third-order valence-corrected chi connectivity index (χ3v) is 4.11. The Morgan fingerprint density at radius 1 is 1.37 bits per heavy atom. The summed E-state index contributed by atoms with van der Waals surface area (Å²) in [5.74, 6) is 0.464. The van der Waals surface area contributed by atoms with E-state index in [2.05, 4.69) is 17.9 Å². The maximum atomic E-state index is 12.1. The fraction of sp³-hybridized carbons (Fsp3) is 0.533. The topological polar surface area (TPSA) is 49.3 Å². The Kier molecular flexibility index (Phi) is 4.88. The monoisotopic (exact) mass is 279 g/mol. The van der Waals surface area contributed by atoms with Crippen molar-refractivity contribution in [1.29, 1.82) is 0 Å². The van der Waals surface area contributed by atoms with E-state index in [1.807, 2.05) is 19.1 Å². The lowest BCUT2D eigenvalue weighted by Gasteiger charge is -2.25. The van der Waals surface area contributed by atoms with E-state index in [0.29, 0.717) is 18.0 Å². The zero-order chi connectivity index (χ0) is 13.8. The van der Waals surface area contributed by atoms with Crippen LogP contribution in [-0.4, -0.2) is 23.7 Å². The second-order valence-corrected chi connectivity index (χ2v) is 5.90. The first-order valence-corrected chi connectivity index (χ1v) is 7.27. The van der Waals surface area contributed by atoms with Crippen LogP contribution >= 0.6 is 12.6 Å². The van der Waals surface area contributed by atoms with E-state index in [4.69, 9.17) is 0 Å². The Balaban J connectivity index is 1.89. The van der Waals surface area contributed by atoms with E-state index < -0.39 is 0 Å². The third-order valence-electron chi connectivity index (χ3n) is 3.83. The summed E-state index contributed by atoms with van der Waals surface area (Å²) >= 11 is 4.27. The molecule has 1 aromatic carbocycles. The summed E-state index contributed by atoms with van der Waals surface area (Å²) in [4.78, 5) is 12.9. The van der Waals surface area contributed by atoms with Gasteiger partial charge in [-0.05, 0) is 56.2 Å². The molecule has 1 amide bonds. The van der Waals surface area contributed by atoms with E-state index in [9.17, 15) is 9.90 Å². The molecule has 1 aliphatic carbocycles. The number of amides is 1. The van der Waals surface area contributed by atoms with Gasteiger partial charge in [-0.1, -0.05) is 6.07 Å². The predicted octanol–water partition coefficient (Wildman–Crippen LogP) is 2.56. The molecule has 0 bridgehead atoms. The van der Waals surface area contributed by atoms with Crippen LogP contribution in [-0.2, 0) is 0 Å². The summed E-state index contributed by atoms with van der Waals surface area (Å²) in [6, 6.07) is 5.60. The van der Waals surface area contributed by atoms with E-state index in [1.54, 1.807) is 6.07 Å². The van der Waals surface area contributed by atoms with Crippen LogP contribution in [0, 0.1) is 12.8 Å². The lowest BCUT2D eigenvalue weighted by atomic mass is 9.87. The van der Waals surface area contributed by atoms with E-state index in [1.165, 1.54) is 0 Å². The molecule has 1 fully saturated rings. The molecule has 4 heteroatoms. The molecule has 2 N–H and O–H groups in total. The van der Waals surface area contributed by atoms with Gasteiger partial charge in [0, 0.05) is 17.0 Å². The molecule has 104 valence electrons. The summed E-state index contributed by atoms with van der Waals surface area (Å²) in [6.07, 6.45) is 3.55. The molecule has 0 aromatic heterocycles. The zero-order valence-corrected chi connectivity index (χ0v) is 12.1. The highest BCUT2D eigenvalue weighted by Gasteiger charge is 2.20. The number of hydrogen-bond acceptors (Lipinski definition) is 3. The van der Waals surface area contributed by atoms with E-state index in [0.717, 1.165) is 36.1 Å². The first-order valence-electron chi connectivity index (χ1n) is 6.82. The zero-order valence-electron chi connectivity index (χ0n) is 11.2. The van der Waals surface area contributed by atoms with Crippen LogP contribution in [0.15, 0.2) is 23.1 Å². The van der Waals surface area contributed by atoms with Crippen LogP contribution in [0.5, 0.6) is 0 Å². The average Bonchev–Trinajstić information content (AvgIpc) is 2.40. The molecule has 2 rings (SSSR count). The van der Waals surface area contributed by atoms with Crippen LogP contribution in [0.4, 0.5) is 0 Å². The number of carbonyl (C=O) groups excluding carboxylic acids is 1. The number of hydrogen-bond donors (Lipinski definition) is 3. The van der Waals surface area contributed by atoms with Gasteiger partial charge in [-0.3, -0.25) is 4.79 Å². The van der Waals surface area contributed by atoms with E-state index in [-0.39, 0.29) is 12.0 Å². The highest BCUT2D eigenvalue weighted by Crippen LogP contribution is 2.23. The summed E-state index contributed by atoms with van der Waals surface area (Å²) in [7, 11) is 0. The Morgan fingerprint density at radius 2 is 2.05 bits per heavy atom. The second-order valence-electron chi connectivity index (χ2n) is 5.38. The molecule has 1 aliphatic rings. The summed E-state index contributed by atoms with van der Waals surface area (Å²) in [5.41, 5.74) is 1.66. The van der Waals surface area contributed by atoms with Gasteiger partial charge in [0.15, 0.2) is 0 Å². The van der Waals surface area contributed by atoms with Gasteiger partial charge in [-0.15, -0.1) is 12.6 Å². The lowest BCUT2D eigenvalue weighted by Crippen LogP contribution is -2.32. The molecular weight excluding hydrogens is 258 g/mol. The first-order chi connectivity index (χ1) is 9.06. The van der Waals surface area contributed by atoms with Crippen LogP contribution in [0.1, 0.15) is 41.6 Å². The Bertz CT molecular complexity index is 453. The molecular formula is C15H21NO2S. The Hall–Kier alpha value is -1.00. The van der Waals surface area contributed by atoms with Crippen molar-refractivity contribution in [3.63, 3.8) is 0 Å². The molecule has 3 nitrogen and oxygen atoms in total. The highest BCUT2D eigenvalue weighted by molar-refractivity contribution is 7.80. The van der Waals surface area contributed by atoms with Gasteiger partial charge in [0.2, 0.25) is 0 Å². The van der Waals surface area contributed by atoms with Crippen molar-refractivity contribution in [3.8, 4) is 0 Å². The lowest BCUT2D eigenvalue weighted by molar-refractivity contribution is 0.0909. The molecule has 0 spiro atoms. The van der Waals surface area contributed by atoms with Gasteiger partial charge in [-0.2, -0.15) is 0 Å². The largest absolute Gasteiger partial charge is 0.393 e. The number of carbonyl (C=O) groups is 1. The number of benzene rings is 1. The first kappa shape index (κ1) is 14.4. The van der Waals surface area contributed by atoms with Crippen molar-refractivity contribution in [1.82, 2.24) is 5.32 Å². The minimum absolute atomic E-state index is 0.0282. The molecule has 0 unspecified atom stereocenters. The minimum Gasteiger partial charge on any atom is -0.393 e. The van der Waals surface area contributed by atoms with Gasteiger partial charge in [-0.25, -0.2) is 0 Å². The highest BCUT2D eigenvalue weighted by atomic mass is 32.1. The minimum atomic E-state index is -0.143. The van der Waals surface area contributed by atoms with Crippen LogP contribution in [0.3, 0.4) is 0 Å². The Labute approximate surface area is 119 Å². The van der Waals surface area contributed by atoms with Crippen molar-refractivity contribution in [2.45, 2.75) is 43.6 Å². The number of nitrogens with one attached hydrogen (secondary N) is 1. The van der Waals surface area contributed by atoms with Crippen LogP contribution < -0.4 is 5.32 Å². The fourth-order valence-corrected chi connectivity index (χ4v) is 2.74. The van der Waals surface area contributed by atoms with Gasteiger partial charge >= 0.3 is 0 Å². The number of aryl methyl sites for hydroxylation is 1. The molecule has 0 heterocycles. The Morgan fingerprint density at radius 3 is 2.74 bits per heavy atom. The number of thiol groups is 1. The number of aliphatic hydroxyl groups is 1. The maximum absolute atomic E-state index is 12.1. The van der Waals surface area contributed by atoms with Crippen LogP contribution in [0.25, 0.3) is 0 Å². The van der Waals surface area contributed by atoms with Gasteiger partial charge in [0.05, 0.1) is 6.10 Å². The predicted molar refractivity (Wildman–Crippen MR) is 78.7 cm³/mol. The summed E-state index contributed by atoms with van der Waals surface area (Å²) in [6.45, 7) is 2.63. The quantitative estimate of drug-likeness (QED) is 0.745. The molecule has 0 atom stereocenters. The molecule has 0 aliphatic heterocycles. The molecule has 1 saturated carbocycles. The number of rotatable bonds is 3.